The van der Waals surface area contributed by atoms with Gasteiger partial charge >= 0.3 is 0 Å². The third kappa shape index (κ3) is 3.59. The molecule has 0 saturated carbocycles. The predicted molar refractivity (Wildman–Crippen MR) is 103 cm³/mol. The van der Waals surface area contributed by atoms with Crippen LogP contribution < -0.4 is 14.7 Å². The van der Waals surface area contributed by atoms with E-state index in [9.17, 15) is 4.39 Å². The lowest BCUT2D eigenvalue weighted by Crippen LogP contribution is -2.47. The van der Waals surface area contributed by atoms with Gasteiger partial charge < -0.3 is 14.7 Å². The van der Waals surface area contributed by atoms with Crippen molar-refractivity contribution in [1.29, 1.82) is 0 Å². The molecule has 138 valence electrons. The summed E-state index contributed by atoms with van der Waals surface area (Å²) in [6.07, 6.45) is 4.12. The molecule has 2 fully saturated rings. The molecule has 0 amide bonds. The Hall–Kier alpha value is -2.37. The summed E-state index contributed by atoms with van der Waals surface area (Å²) in [6, 6.07) is 9.11. The summed E-state index contributed by atoms with van der Waals surface area (Å²) in [5.41, 5.74) is 0.693. The second kappa shape index (κ2) is 7.48. The van der Waals surface area contributed by atoms with Gasteiger partial charge in [0.15, 0.2) is 0 Å². The van der Waals surface area contributed by atoms with Gasteiger partial charge in [0.25, 0.3) is 0 Å². The highest BCUT2D eigenvalue weighted by atomic mass is 19.1. The first kappa shape index (κ1) is 17.1. The van der Waals surface area contributed by atoms with Gasteiger partial charge in [-0.05, 0) is 30.9 Å². The minimum absolute atomic E-state index is 0.149. The fraction of sp³-hybridized carbons (Fsp3) is 0.500. The quantitative estimate of drug-likeness (QED) is 0.845. The van der Waals surface area contributed by atoms with Crippen LogP contribution in [0.5, 0.6) is 0 Å². The molecule has 6 heteroatoms. The van der Waals surface area contributed by atoms with E-state index in [1.165, 1.54) is 18.9 Å². The normalized spacial score (nSPS) is 19.1. The fourth-order valence-electron chi connectivity index (χ4n) is 3.81. The first-order chi connectivity index (χ1) is 12.7. The summed E-state index contributed by atoms with van der Waals surface area (Å²) in [4.78, 5) is 15.7. The van der Waals surface area contributed by atoms with Crippen LogP contribution in [0.3, 0.4) is 0 Å². The zero-order chi connectivity index (χ0) is 17.9. The number of aromatic nitrogens is 2. The molecule has 0 aliphatic carbocycles. The summed E-state index contributed by atoms with van der Waals surface area (Å²) in [5, 5.41) is 0. The van der Waals surface area contributed by atoms with Crippen LogP contribution in [0.2, 0.25) is 0 Å². The van der Waals surface area contributed by atoms with Gasteiger partial charge in [-0.3, -0.25) is 0 Å². The minimum Gasteiger partial charge on any atom is -0.366 e. The van der Waals surface area contributed by atoms with Crippen LogP contribution in [0.4, 0.5) is 21.7 Å². The second-order valence-electron chi connectivity index (χ2n) is 7.33. The maximum absolute atomic E-state index is 14.0. The monoisotopic (exact) mass is 355 g/mol. The van der Waals surface area contributed by atoms with E-state index < -0.39 is 0 Å². The van der Waals surface area contributed by atoms with Gasteiger partial charge in [0.05, 0.1) is 5.69 Å². The molecule has 2 aromatic rings. The van der Waals surface area contributed by atoms with Crippen LogP contribution in [0, 0.1) is 11.7 Å². The number of piperidine rings is 1. The van der Waals surface area contributed by atoms with Gasteiger partial charge in [-0.15, -0.1) is 0 Å². The number of nitrogens with zero attached hydrogens (tertiary/aromatic N) is 5. The Balaban J connectivity index is 1.42. The van der Waals surface area contributed by atoms with Crippen LogP contribution in [0.1, 0.15) is 19.8 Å². The first-order valence-electron chi connectivity index (χ1n) is 9.52. The highest BCUT2D eigenvalue weighted by Gasteiger charge is 2.22. The Labute approximate surface area is 154 Å². The molecule has 0 radical (unpaired) electrons. The molecule has 2 saturated heterocycles. The lowest BCUT2D eigenvalue weighted by molar-refractivity contribution is 0.436. The van der Waals surface area contributed by atoms with E-state index in [0.29, 0.717) is 5.69 Å². The lowest BCUT2D eigenvalue weighted by atomic mass is 9.99. The van der Waals surface area contributed by atoms with Crippen LogP contribution >= 0.6 is 0 Å². The summed E-state index contributed by atoms with van der Waals surface area (Å²) < 4.78 is 14.0. The van der Waals surface area contributed by atoms with Gasteiger partial charge in [0, 0.05) is 45.3 Å². The van der Waals surface area contributed by atoms with Crippen molar-refractivity contribution in [3.8, 4) is 0 Å². The summed E-state index contributed by atoms with van der Waals surface area (Å²) >= 11 is 0. The molecule has 0 spiro atoms. The molecule has 0 atom stereocenters. The molecule has 2 aliphatic heterocycles. The van der Waals surface area contributed by atoms with E-state index in [2.05, 4.69) is 37.7 Å². The van der Waals surface area contributed by atoms with E-state index in [-0.39, 0.29) is 5.82 Å². The van der Waals surface area contributed by atoms with Crippen LogP contribution in [0.25, 0.3) is 0 Å². The topological polar surface area (TPSA) is 35.5 Å². The van der Waals surface area contributed by atoms with E-state index in [1.54, 1.807) is 12.4 Å². The molecule has 0 unspecified atom stereocenters. The molecule has 0 bridgehead atoms. The molecule has 1 aromatic carbocycles. The number of para-hydroxylation sites is 1. The average molecular weight is 355 g/mol. The predicted octanol–water partition coefficient (Wildman–Crippen LogP) is 3.18. The maximum atomic E-state index is 14.0. The molecule has 4 rings (SSSR count). The zero-order valence-corrected chi connectivity index (χ0v) is 15.3. The van der Waals surface area contributed by atoms with Crippen molar-refractivity contribution >= 4 is 17.3 Å². The Morgan fingerprint density at radius 3 is 2.08 bits per heavy atom. The fourth-order valence-corrected chi connectivity index (χ4v) is 3.81. The van der Waals surface area contributed by atoms with Crippen molar-refractivity contribution in [2.75, 3.05) is 54.0 Å². The molecule has 3 heterocycles. The number of hydrogen-bond acceptors (Lipinski definition) is 5. The van der Waals surface area contributed by atoms with E-state index in [0.717, 1.165) is 56.8 Å². The summed E-state index contributed by atoms with van der Waals surface area (Å²) in [5.74, 6) is 2.66. The van der Waals surface area contributed by atoms with E-state index in [4.69, 9.17) is 0 Å². The number of benzene rings is 1. The van der Waals surface area contributed by atoms with Crippen molar-refractivity contribution in [2.45, 2.75) is 19.8 Å². The zero-order valence-electron chi connectivity index (χ0n) is 15.3. The molecular weight excluding hydrogens is 329 g/mol. The van der Waals surface area contributed by atoms with Crippen LogP contribution in [-0.4, -0.2) is 49.2 Å². The van der Waals surface area contributed by atoms with Gasteiger partial charge in [-0.25, -0.2) is 14.4 Å². The van der Waals surface area contributed by atoms with Gasteiger partial charge in [0.2, 0.25) is 0 Å². The SMILES string of the molecule is CC1CCN(c2cc(N3CCN(c4ccccc4F)CC3)ncn2)CC1. The van der Waals surface area contributed by atoms with E-state index in [1.807, 2.05) is 12.1 Å². The second-order valence-corrected chi connectivity index (χ2v) is 7.33. The number of rotatable bonds is 3. The summed E-state index contributed by atoms with van der Waals surface area (Å²) in [7, 11) is 0. The Bertz CT molecular complexity index is 736. The third-order valence-corrected chi connectivity index (χ3v) is 5.54. The number of anilines is 3. The standard InChI is InChI=1S/C20H26FN5/c1-16-6-8-25(9-7-16)19-14-20(23-15-22-19)26-12-10-24(11-13-26)18-5-3-2-4-17(18)21/h2-5,14-16H,6-13H2,1H3. The average Bonchev–Trinajstić information content (AvgIpc) is 2.69. The van der Waals surface area contributed by atoms with Crippen LogP contribution in [0.15, 0.2) is 36.7 Å². The number of halogens is 1. The third-order valence-electron chi connectivity index (χ3n) is 5.54. The van der Waals surface area contributed by atoms with Gasteiger partial charge in [0.1, 0.15) is 23.8 Å². The number of hydrogen-bond donors (Lipinski definition) is 0. The van der Waals surface area contributed by atoms with Crippen molar-refractivity contribution in [1.82, 2.24) is 9.97 Å². The van der Waals surface area contributed by atoms with Gasteiger partial charge in [-0.1, -0.05) is 19.1 Å². The van der Waals surface area contributed by atoms with E-state index >= 15 is 0 Å². The Morgan fingerprint density at radius 2 is 1.42 bits per heavy atom. The van der Waals surface area contributed by atoms with Crippen molar-refractivity contribution < 1.29 is 4.39 Å². The van der Waals surface area contributed by atoms with Crippen LogP contribution in [-0.2, 0) is 0 Å². The van der Waals surface area contributed by atoms with Crippen molar-refractivity contribution in [2.24, 2.45) is 5.92 Å². The Kier molecular flexibility index (Phi) is 4.91. The summed E-state index contributed by atoms with van der Waals surface area (Å²) in [6.45, 7) is 7.71. The lowest BCUT2D eigenvalue weighted by Gasteiger charge is -2.37. The molecule has 5 nitrogen and oxygen atoms in total. The molecule has 2 aliphatic rings. The molecule has 1 aromatic heterocycles. The molecule has 0 N–H and O–H groups in total. The van der Waals surface area contributed by atoms with Crippen molar-refractivity contribution in [3.05, 3.63) is 42.5 Å². The smallest absolute Gasteiger partial charge is 0.146 e. The Morgan fingerprint density at radius 1 is 0.846 bits per heavy atom. The highest BCUT2D eigenvalue weighted by molar-refractivity contribution is 5.53. The minimum atomic E-state index is -0.149. The highest BCUT2D eigenvalue weighted by Crippen LogP contribution is 2.25. The molecular formula is C20H26FN5. The number of piperazine rings is 1. The molecule has 26 heavy (non-hydrogen) atoms. The first-order valence-corrected chi connectivity index (χ1v) is 9.52. The van der Waals surface area contributed by atoms with Crippen molar-refractivity contribution in [3.63, 3.8) is 0 Å². The van der Waals surface area contributed by atoms with Gasteiger partial charge in [-0.2, -0.15) is 0 Å². The maximum Gasteiger partial charge on any atom is 0.146 e. The largest absolute Gasteiger partial charge is 0.366 e.